The van der Waals surface area contributed by atoms with Crippen LogP contribution in [-0.4, -0.2) is 0 Å². The Kier molecular flexibility index (Phi) is 9.27. The highest BCUT2D eigenvalue weighted by molar-refractivity contribution is 6.04. The fraction of sp³-hybridized carbons (Fsp3) is 0. The Hall–Kier alpha value is -7.68. The van der Waals surface area contributed by atoms with Crippen LogP contribution in [0.3, 0.4) is 0 Å². The zero-order valence-corrected chi connectivity index (χ0v) is 32.0. The molecule has 0 N–H and O–H groups in total. The minimum absolute atomic E-state index is 1.10. The molecule has 0 atom stereocenters. The van der Waals surface area contributed by atoms with Gasteiger partial charge in [-0.05, 0) is 128 Å². The highest BCUT2D eigenvalue weighted by atomic mass is 15.1. The smallest absolute Gasteiger partial charge is 0.0462 e. The number of nitrogens with zero attached hydrogens (tertiary/aromatic N) is 2. The van der Waals surface area contributed by atoms with Gasteiger partial charge in [0.1, 0.15) is 0 Å². The molecule has 2 nitrogen and oxygen atoms in total. The Morgan fingerprint density at radius 3 is 1.07 bits per heavy atom. The lowest BCUT2D eigenvalue weighted by Crippen LogP contribution is -2.09. The van der Waals surface area contributed by atoms with E-state index < -0.39 is 0 Å². The normalized spacial score (nSPS) is 11.1. The molecule has 0 aromatic heterocycles. The van der Waals surface area contributed by atoms with Crippen molar-refractivity contribution in [2.75, 3.05) is 9.80 Å². The molecule has 0 aliphatic heterocycles. The van der Waals surface area contributed by atoms with Crippen molar-refractivity contribution in [3.05, 3.63) is 243 Å². The topological polar surface area (TPSA) is 6.48 Å². The van der Waals surface area contributed by atoms with Crippen LogP contribution in [-0.2, 0) is 0 Å². The molecule has 0 saturated carbocycles. The van der Waals surface area contributed by atoms with Gasteiger partial charge < -0.3 is 9.80 Å². The number of benzene rings is 10. The fourth-order valence-corrected chi connectivity index (χ4v) is 8.28. The fourth-order valence-electron chi connectivity index (χ4n) is 8.28. The van der Waals surface area contributed by atoms with Crippen molar-refractivity contribution in [3.63, 3.8) is 0 Å². The van der Waals surface area contributed by atoms with Gasteiger partial charge in [-0.2, -0.15) is 0 Å². The summed E-state index contributed by atoms with van der Waals surface area (Å²) in [5.41, 5.74) is 13.9. The standard InChI is InChI=1S/C56H40N2/c1-4-18-46(19-5-1)57(47-20-6-2-7-21-47)51-38-31-45(32-39-51)56-54-25-13-11-16-42(54)33-40-55(56)44-29-36-50(37-30-44)58(48-22-8-3-9-23-48)49-34-27-43(28-35-49)53-26-14-17-41-15-10-12-24-52(41)53/h1-40H. The maximum absolute atomic E-state index is 2.34. The highest BCUT2D eigenvalue weighted by Crippen LogP contribution is 2.43. The van der Waals surface area contributed by atoms with Gasteiger partial charge >= 0.3 is 0 Å². The van der Waals surface area contributed by atoms with Gasteiger partial charge in [0.05, 0.1) is 0 Å². The summed E-state index contributed by atoms with van der Waals surface area (Å²) in [7, 11) is 0. The lowest BCUT2D eigenvalue weighted by atomic mass is 9.89. The first kappa shape index (κ1) is 34.8. The Balaban J connectivity index is 1.03. The average Bonchev–Trinajstić information content (AvgIpc) is 3.30. The Morgan fingerprint density at radius 1 is 0.207 bits per heavy atom. The van der Waals surface area contributed by atoms with Crippen LogP contribution >= 0.6 is 0 Å². The predicted octanol–water partition coefficient (Wildman–Crippen LogP) is 15.9. The molecule has 0 fully saturated rings. The third-order valence-electron chi connectivity index (χ3n) is 11.0. The molecule has 58 heavy (non-hydrogen) atoms. The molecule has 0 aliphatic rings. The van der Waals surface area contributed by atoms with E-state index in [-0.39, 0.29) is 0 Å². The third-order valence-corrected chi connectivity index (χ3v) is 11.0. The van der Waals surface area contributed by atoms with Crippen molar-refractivity contribution < 1.29 is 0 Å². The van der Waals surface area contributed by atoms with E-state index in [9.17, 15) is 0 Å². The first-order valence-corrected chi connectivity index (χ1v) is 19.8. The van der Waals surface area contributed by atoms with E-state index in [0.29, 0.717) is 0 Å². The molecule has 0 amide bonds. The number of rotatable bonds is 9. The largest absolute Gasteiger partial charge is 0.311 e. The van der Waals surface area contributed by atoms with Crippen molar-refractivity contribution in [2.45, 2.75) is 0 Å². The zero-order valence-electron chi connectivity index (χ0n) is 32.0. The molecule has 0 unspecified atom stereocenters. The lowest BCUT2D eigenvalue weighted by molar-refractivity contribution is 1.28. The molecule has 10 aromatic carbocycles. The summed E-state index contributed by atoms with van der Waals surface area (Å²) in [5.74, 6) is 0. The van der Waals surface area contributed by atoms with E-state index in [1.165, 1.54) is 54.9 Å². The van der Waals surface area contributed by atoms with Gasteiger partial charge in [-0.1, -0.05) is 170 Å². The van der Waals surface area contributed by atoms with Gasteiger partial charge in [-0.15, -0.1) is 0 Å². The van der Waals surface area contributed by atoms with E-state index >= 15 is 0 Å². The molecular formula is C56H40N2. The minimum Gasteiger partial charge on any atom is -0.311 e. The summed E-state index contributed by atoms with van der Waals surface area (Å²) in [6, 6.07) is 87.2. The van der Waals surface area contributed by atoms with Crippen molar-refractivity contribution in [2.24, 2.45) is 0 Å². The number of fused-ring (bicyclic) bond motifs is 2. The molecular weight excluding hydrogens is 701 g/mol. The summed E-state index contributed by atoms with van der Waals surface area (Å²) in [6.45, 7) is 0. The Bertz CT molecular complexity index is 2910. The van der Waals surface area contributed by atoms with Crippen molar-refractivity contribution in [1.82, 2.24) is 0 Å². The third kappa shape index (κ3) is 6.67. The second-order valence-electron chi connectivity index (χ2n) is 14.6. The van der Waals surface area contributed by atoms with Crippen molar-refractivity contribution >= 4 is 55.7 Å². The quantitative estimate of drug-likeness (QED) is 0.145. The summed E-state index contributed by atoms with van der Waals surface area (Å²) in [4.78, 5) is 4.64. The van der Waals surface area contributed by atoms with E-state index in [4.69, 9.17) is 0 Å². The second-order valence-corrected chi connectivity index (χ2v) is 14.6. The molecule has 10 aromatic rings. The molecule has 2 heteroatoms. The van der Waals surface area contributed by atoms with Gasteiger partial charge in [-0.3, -0.25) is 0 Å². The van der Waals surface area contributed by atoms with Gasteiger partial charge in [0.15, 0.2) is 0 Å². The summed E-state index contributed by atoms with van der Waals surface area (Å²) in [6.07, 6.45) is 0. The Morgan fingerprint density at radius 2 is 0.569 bits per heavy atom. The lowest BCUT2D eigenvalue weighted by Gasteiger charge is -2.26. The van der Waals surface area contributed by atoms with E-state index in [0.717, 1.165) is 34.1 Å². The van der Waals surface area contributed by atoms with Crippen LogP contribution in [0, 0.1) is 0 Å². The minimum atomic E-state index is 1.10. The van der Waals surface area contributed by atoms with E-state index in [1.54, 1.807) is 0 Å². The monoisotopic (exact) mass is 740 g/mol. The second kappa shape index (κ2) is 15.5. The van der Waals surface area contributed by atoms with Gasteiger partial charge in [0.25, 0.3) is 0 Å². The van der Waals surface area contributed by atoms with Gasteiger partial charge in [0, 0.05) is 34.1 Å². The van der Waals surface area contributed by atoms with Crippen LogP contribution in [0.4, 0.5) is 34.1 Å². The van der Waals surface area contributed by atoms with Crippen LogP contribution in [0.5, 0.6) is 0 Å². The van der Waals surface area contributed by atoms with E-state index in [1.807, 2.05) is 0 Å². The highest BCUT2D eigenvalue weighted by Gasteiger charge is 2.17. The van der Waals surface area contributed by atoms with Crippen LogP contribution in [0.15, 0.2) is 243 Å². The SMILES string of the molecule is c1ccc(N(c2ccc(-c3ccc4ccccc4c3-c3ccc(N(c4ccccc4)c4ccccc4)cc3)cc2)c2ccc(-c3cccc4ccccc34)cc2)cc1. The molecule has 0 spiro atoms. The maximum atomic E-state index is 2.34. The summed E-state index contributed by atoms with van der Waals surface area (Å²) < 4.78 is 0. The van der Waals surface area contributed by atoms with Crippen LogP contribution in [0.1, 0.15) is 0 Å². The van der Waals surface area contributed by atoms with Gasteiger partial charge in [0.2, 0.25) is 0 Å². The van der Waals surface area contributed by atoms with Crippen LogP contribution < -0.4 is 9.80 Å². The Labute approximate surface area is 340 Å². The van der Waals surface area contributed by atoms with Crippen LogP contribution in [0.25, 0.3) is 54.9 Å². The van der Waals surface area contributed by atoms with Crippen molar-refractivity contribution in [3.8, 4) is 33.4 Å². The molecule has 0 heterocycles. The maximum Gasteiger partial charge on any atom is 0.0462 e. The molecule has 0 radical (unpaired) electrons. The molecule has 10 rings (SSSR count). The predicted molar refractivity (Wildman–Crippen MR) is 247 cm³/mol. The summed E-state index contributed by atoms with van der Waals surface area (Å²) in [5, 5.41) is 4.97. The number of hydrogen-bond donors (Lipinski definition) is 0. The van der Waals surface area contributed by atoms with E-state index in [2.05, 4.69) is 252 Å². The number of anilines is 6. The molecule has 0 saturated heterocycles. The zero-order chi connectivity index (χ0) is 38.7. The molecule has 0 bridgehead atoms. The number of para-hydroxylation sites is 3. The van der Waals surface area contributed by atoms with Crippen molar-refractivity contribution in [1.29, 1.82) is 0 Å². The summed E-state index contributed by atoms with van der Waals surface area (Å²) >= 11 is 0. The van der Waals surface area contributed by atoms with Crippen LogP contribution in [0.2, 0.25) is 0 Å². The first-order chi connectivity index (χ1) is 28.8. The average molecular weight is 741 g/mol. The molecule has 274 valence electrons. The first-order valence-electron chi connectivity index (χ1n) is 19.8. The molecule has 0 aliphatic carbocycles. The van der Waals surface area contributed by atoms with Gasteiger partial charge in [-0.25, -0.2) is 0 Å². The number of hydrogen-bond acceptors (Lipinski definition) is 2.